The van der Waals surface area contributed by atoms with E-state index in [1.807, 2.05) is 38.1 Å². The molecule has 16 heavy (non-hydrogen) atoms. The molecule has 0 saturated heterocycles. The van der Waals surface area contributed by atoms with Crippen LogP contribution in [0.1, 0.15) is 18.1 Å². The summed E-state index contributed by atoms with van der Waals surface area (Å²) in [4.78, 5) is 0. The Morgan fingerprint density at radius 1 is 1.25 bits per heavy atom. The van der Waals surface area contributed by atoms with Crippen LogP contribution in [-0.4, -0.2) is 8.32 Å². The van der Waals surface area contributed by atoms with Crippen LogP contribution in [0.2, 0.25) is 19.6 Å². The highest BCUT2D eigenvalue weighted by molar-refractivity contribution is 6.69. The highest BCUT2D eigenvalue weighted by atomic mass is 28.4. The van der Waals surface area contributed by atoms with Gasteiger partial charge in [-0.15, -0.1) is 0 Å². The molecule has 0 heterocycles. The smallest absolute Gasteiger partial charge is 0.186 e. The largest absolute Gasteiger partial charge is 0.397 e. The highest BCUT2D eigenvalue weighted by Crippen LogP contribution is 2.30. The van der Waals surface area contributed by atoms with Crippen LogP contribution in [0.4, 0.5) is 0 Å². The Hall–Kier alpha value is -1.11. The third-order valence-electron chi connectivity index (χ3n) is 2.38. The molecule has 86 valence electrons. The molecular formula is C13H19NOSi. The number of nitriles is 1. The maximum absolute atomic E-state index is 9.37. The Morgan fingerprint density at radius 2 is 1.81 bits per heavy atom. The molecule has 0 N–H and O–H groups in total. The van der Waals surface area contributed by atoms with Gasteiger partial charge in [-0.2, -0.15) is 5.26 Å². The minimum absolute atomic E-state index is 0.824. The number of aryl methyl sites for hydroxylation is 1. The molecule has 0 radical (unpaired) electrons. The Labute approximate surface area is 99.0 Å². The van der Waals surface area contributed by atoms with Gasteiger partial charge in [-0.05, 0) is 44.6 Å². The van der Waals surface area contributed by atoms with Gasteiger partial charge in [0.25, 0.3) is 0 Å². The lowest BCUT2D eigenvalue weighted by atomic mass is 9.94. The van der Waals surface area contributed by atoms with Crippen molar-refractivity contribution in [2.24, 2.45) is 0 Å². The molecule has 1 aromatic carbocycles. The van der Waals surface area contributed by atoms with E-state index in [2.05, 4.69) is 25.7 Å². The highest BCUT2D eigenvalue weighted by Gasteiger charge is 2.34. The van der Waals surface area contributed by atoms with Gasteiger partial charge in [-0.25, -0.2) is 0 Å². The third-order valence-corrected chi connectivity index (χ3v) is 3.40. The SMILES string of the molecule is Cc1ccccc1[C@](C)(C#N)O[Si](C)(C)C. The summed E-state index contributed by atoms with van der Waals surface area (Å²) in [5, 5.41) is 9.37. The van der Waals surface area contributed by atoms with Crippen LogP contribution in [0.25, 0.3) is 0 Å². The second-order valence-electron chi connectivity index (χ2n) is 5.17. The molecule has 0 saturated carbocycles. The Morgan fingerprint density at radius 3 is 2.25 bits per heavy atom. The third kappa shape index (κ3) is 2.94. The van der Waals surface area contributed by atoms with Crippen molar-refractivity contribution in [2.45, 2.75) is 39.1 Å². The van der Waals surface area contributed by atoms with Gasteiger partial charge >= 0.3 is 0 Å². The Bertz CT molecular complexity index is 417. The van der Waals surface area contributed by atoms with Crippen molar-refractivity contribution in [3.05, 3.63) is 35.4 Å². The first kappa shape index (κ1) is 13.0. The van der Waals surface area contributed by atoms with Gasteiger partial charge in [0, 0.05) is 0 Å². The molecular weight excluding hydrogens is 214 g/mol. The van der Waals surface area contributed by atoms with E-state index < -0.39 is 13.9 Å². The van der Waals surface area contributed by atoms with E-state index in [-0.39, 0.29) is 0 Å². The Kier molecular flexibility index (Phi) is 3.56. The van der Waals surface area contributed by atoms with E-state index in [1.165, 1.54) is 0 Å². The van der Waals surface area contributed by atoms with E-state index in [9.17, 15) is 5.26 Å². The van der Waals surface area contributed by atoms with Gasteiger partial charge in [-0.3, -0.25) is 0 Å². The summed E-state index contributed by atoms with van der Waals surface area (Å²) in [6, 6.07) is 10.2. The number of hydrogen-bond acceptors (Lipinski definition) is 2. The summed E-state index contributed by atoms with van der Waals surface area (Å²) >= 11 is 0. The first-order valence-electron chi connectivity index (χ1n) is 5.46. The van der Waals surface area contributed by atoms with Crippen molar-refractivity contribution >= 4 is 8.32 Å². The fraction of sp³-hybridized carbons (Fsp3) is 0.462. The molecule has 0 amide bonds. The van der Waals surface area contributed by atoms with Crippen LogP contribution in [0.5, 0.6) is 0 Å². The van der Waals surface area contributed by atoms with E-state index in [0.29, 0.717) is 0 Å². The number of rotatable bonds is 3. The van der Waals surface area contributed by atoms with Gasteiger partial charge in [0.05, 0.1) is 0 Å². The molecule has 1 atom stereocenters. The second-order valence-corrected chi connectivity index (χ2v) is 9.60. The predicted octanol–water partition coefficient (Wildman–Crippen LogP) is 3.59. The lowest BCUT2D eigenvalue weighted by molar-refractivity contribution is 0.140. The summed E-state index contributed by atoms with van der Waals surface area (Å²) in [5.41, 5.74) is 1.25. The van der Waals surface area contributed by atoms with E-state index in [4.69, 9.17) is 4.43 Å². The standard InChI is InChI=1S/C13H19NOSi/c1-11-8-6-7-9-12(11)13(2,10-14)15-16(3,4)5/h6-9H,1-5H3/t13-/m0/s1. The quantitative estimate of drug-likeness (QED) is 0.747. The molecule has 0 aromatic heterocycles. The monoisotopic (exact) mass is 233 g/mol. The van der Waals surface area contributed by atoms with Crippen molar-refractivity contribution < 1.29 is 4.43 Å². The molecule has 2 nitrogen and oxygen atoms in total. The lowest BCUT2D eigenvalue weighted by Gasteiger charge is -2.31. The molecule has 0 aliphatic heterocycles. The van der Waals surface area contributed by atoms with E-state index in [0.717, 1.165) is 11.1 Å². The van der Waals surface area contributed by atoms with Crippen molar-refractivity contribution in [2.75, 3.05) is 0 Å². The zero-order chi connectivity index (χ0) is 12.4. The topological polar surface area (TPSA) is 33.0 Å². The molecule has 0 unspecified atom stereocenters. The summed E-state index contributed by atoms with van der Waals surface area (Å²) in [6.45, 7) is 10.2. The minimum atomic E-state index is -1.74. The number of nitrogens with zero attached hydrogens (tertiary/aromatic N) is 1. The maximum Gasteiger partial charge on any atom is 0.186 e. The number of benzene rings is 1. The molecule has 1 aromatic rings. The average molecular weight is 233 g/mol. The molecule has 1 rings (SSSR count). The van der Waals surface area contributed by atoms with E-state index in [1.54, 1.807) is 0 Å². The molecule has 0 fully saturated rings. The predicted molar refractivity (Wildman–Crippen MR) is 68.6 cm³/mol. The first-order valence-corrected chi connectivity index (χ1v) is 8.87. The van der Waals surface area contributed by atoms with Crippen LogP contribution in [0.15, 0.2) is 24.3 Å². The fourth-order valence-corrected chi connectivity index (χ4v) is 3.24. The minimum Gasteiger partial charge on any atom is -0.397 e. The molecule has 0 aliphatic carbocycles. The van der Waals surface area contributed by atoms with Gasteiger partial charge in [0.1, 0.15) is 6.07 Å². The Balaban J connectivity index is 3.17. The summed E-state index contributed by atoms with van der Waals surface area (Å²) < 4.78 is 6.02. The van der Waals surface area contributed by atoms with Gasteiger partial charge < -0.3 is 4.43 Å². The van der Waals surface area contributed by atoms with Gasteiger partial charge in [0.15, 0.2) is 13.9 Å². The fourth-order valence-electron chi connectivity index (χ4n) is 1.86. The zero-order valence-electron chi connectivity index (χ0n) is 10.7. The van der Waals surface area contributed by atoms with Crippen LogP contribution >= 0.6 is 0 Å². The van der Waals surface area contributed by atoms with Crippen LogP contribution < -0.4 is 0 Å². The zero-order valence-corrected chi connectivity index (χ0v) is 11.7. The van der Waals surface area contributed by atoms with Crippen molar-refractivity contribution in [3.63, 3.8) is 0 Å². The van der Waals surface area contributed by atoms with Crippen molar-refractivity contribution in [1.29, 1.82) is 5.26 Å². The first-order chi connectivity index (χ1) is 7.28. The summed E-state index contributed by atoms with van der Waals surface area (Å²) in [7, 11) is -1.74. The van der Waals surface area contributed by atoms with Gasteiger partial charge in [-0.1, -0.05) is 24.3 Å². The van der Waals surface area contributed by atoms with Crippen LogP contribution in [0.3, 0.4) is 0 Å². The molecule has 0 bridgehead atoms. The van der Waals surface area contributed by atoms with Crippen molar-refractivity contribution in [3.8, 4) is 6.07 Å². The van der Waals surface area contributed by atoms with E-state index >= 15 is 0 Å². The number of hydrogen-bond donors (Lipinski definition) is 0. The summed E-state index contributed by atoms with van der Waals surface area (Å²) in [6.07, 6.45) is 0. The van der Waals surface area contributed by atoms with Gasteiger partial charge in [0.2, 0.25) is 0 Å². The molecule has 0 aliphatic rings. The van der Waals surface area contributed by atoms with Crippen LogP contribution in [-0.2, 0) is 10.0 Å². The molecule has 0 spiro atoms. The lowest BCUT2D eigenvalue weighted by Crippen LogP contribution is -2.38. The second kappa shape index (κ2) is 4.40. The maximum atomic E-state index is 9.37. The normalized spacial score (nSPS) is 15.2. The van der Waals surface area contributed by atoms with Crippen molar-refractivity contribution in [1.82, 2.24) is 0 Å². The van der Waals surface area contributed by atoms with Crippen LogP contribution in [0, 0.1) is 18.3 Å². The average Bonchev–Trinajstić information content (AvgIpc) is 2.15. The molecule has 3 heteroatoms. The summed E-state index contributed by atoms with van der Waals surface area (Å²) in [5.74, 6) is 0.